The number of aromatic nitrogens is 1. The van der Waals surface area contributed by atoms with Crippen LogP contribution in [0.1, 0.15) is 26.0 Å². The van der Waals surface area contributed by atoms with Gasteiger partial charge in [0, 0.05) is 17.6 Å². The highest BCUT2D eigenvalue weighted by Crippen LogP contribution is 2.04. The molecule has 0 aromatic carbocycles. The molecule has 0 aliphatic rings. The normalized spacial score (nSPS) is 12.7. The lowest BCUT2D eigenvalue weighted by molar-refractivity contribution is -0.121. The number of carbonyl (C=O) groups is 1. The van der Waals surface area contributed by atoms with Crippen LogP contribution in [0.3, 0.4) is 0 Å². The molecule has 0 radical (unpaired) electrons. The predicted molar refractivity (Wildman–Crippen MR) is 71.8 cm³/mol. The predicted octanol–water partition coefficient (Wildman–Crippen LogP) is 0.741. The lowest BCUT2D eigenvalue weighted by Gasteiger charge is -2.14. The quantitative estimate of drug-likeness (QED) is 0.802. The fourth-order valence-electron chi connectivity index (χ4n) is 1.49. The fraction of sp³-hybridized carbons (Fsp3) is 0.667. The molecule has 0 saturated heterocycles. The summed E-state index contributed by atoms with van der Waals surface area (Å²) in [7, 11) is 0. The number of aryl methyl sites for hydroxylation is 1. The molecule has 1 aromatic rings. The van der Waals surface area contributed by atoms with Crippen molar-refractivity contribution in [3.63, 3.8) is 0 Å². The summed E-state index contributed by atoms with van der Waals surface area (Å²) in [5.41, 5.74) is 0.794. The fourth-order valence-corrected chi connectivity index (χ4v) is 2.22. The van der Waals surface area contributed by atoms with Crippen molar-refractivity contribution in [2.75, 3.05) is 6.54 Å². The molecular weight excluding hydrogens is 252 g/mol. The van der Waals surface area contributed by atoms with Gasteiger partial charge in [-0.15, -0.1) is 0 Å². The van der Waals surface area contributed by atoms with Gasteiger partial charge in [-0.1, -0.05) is 25.2 Å². The van der Waals surface area contributed by atoms with Crippen LogP contribution < -0.4 is 10.2 Å². The molecule has 5 nitrogen and oxygen atoms in total. The highest BCUT2D eigenvalue weighted by atomic mass is 32.1. The molecule has 102 valence electrons. The molecule has 0 bridgehead atoms. The highest BCUT2D eigenvalue weighted by molar-refractivity contribution is 7.07. The minimum atomic E-state index is -0.407. The lowest BCUT2D eigenvalue weighted by atomic mass is 10.0. The second kappa shape index (κ2) is 6.70. The summed E-state index contributed by atoms with van der Waals surface area (Å²) in [6, 6.07) is 0. The van der Waals surface area contributed by atoms with Crippen LogP contribution in [0.15, 0.2) is 10.2 Å². The van der Waals surface area contributed by atoms with Gasteiger partial charge in [-0.05, 0) is 19.3 Å². The molecule has 1 heterocycles. The third-order valence-electron chi connectivity index (χ3n) is 2.81. The Kier molecular flexibility index (Phi) is 5.55. The first-order chi connectivity index (χ1) is 8.41. The van der Waals surface area contributed by atoms with Crippen LogP contribution in [-0.4, -0.2) is 28.2 Å². The van der Waals surface area contributed by atoms with Crippen LogP contribution in [0.4, 0.5) is 0 Å². The maximum atomic E-state index is 11.6. The van der Waals surface area contributed by atoms with Gasteiger partial charge in [0.25, 0.3) is 0 Å². The molecule has 0 fully saturated rings. The number of aliphatic hydroxyl groups is 1. The Labute approximate surface area is 110 Å². The number of hydrogen-bond acceptors (Lipinski definition) is 4. The van der Waals surface area contributed by atoms with Crippen molar-refractivity contribution in [3.05, 3.63) is 20.7 Å². The first kappa shape index (κ1) is 14.9. The Bertz CT molecular complexity index is 450. The third-order valence-corrected chi connectivity index (χ3v) is 3.69. The zero-order valence-electron chi connectivity index (χ0n) is 11.0. The van der Waals surface area contributed by atoms with E-state index in [9.17, 15) is 14.7 Å². The summed E-state index contributed by atoms with van der Waals surface area (Å²) in [5.74, 6) is -0.0156. The maximum absolute atomic E-state index is 11.6. The topological polar surface area (TPSA) is 71.3 Å². The summed E-state index contributed by atoms with van der Waals surface area (Å²) in [4.78, 5) is 22.9. The number of nitrogens with zero attached hydrogens (tertiary/aromatic N) is 1. The molecule has 0 aliphatic carbocycles. The Morgan fingerprint density at radius 2 is 2.22 bits per heavy atom. The number of carbonyl (C=O) groups excluding carboxylic acids is 1. The van der Waals surface area contributed by atoms with Crippen LogP contribution in [0.25, 0.3) is 0 Å². The van der Waals surface area contributed by atoms with Gasteiger partial charge >= 0.3 is 4.87 Å². The first-order valence-electron chi connectivity index (χ1n) is 6.01. The van der Waals surface area contributed by atoms with Crippen LogP contribution >= 0.6 is 11.3 Å². The maximum Gasteiger partial charge on any atom is 0.307 e. The molecule has 6 heteroatoms. The molecule has 18 heavy (non-hydrogen) atoms. The van der Waals surface area contributed by atoms with Crippen LogP contribution in [-0.2, 0) is 11.3 Å². The van der Waals surface area contributed by atoms with E-state index in [2.05, 4.69) is 5.32 Å². The van der Waals surface area contributed by atoms with Gasteiger partial charge in [0.2, 0.25) is 5.91 Å². The Morgan fingerprint density at radius 1 is 1.56 bits per heavy atom. The van der Waals surface area contributed by atoms with Gasteiger partial charge < -0.3 is 10.4 Å². The van der Waals surface area contributed by atoms with Crippen LogP contribution in [0.2, 0.25) is 0 Å². The minimum absolute atomic E-state index is 0.0476. The average Bonchev–Trinajstić information content (AvgIpc) is 2.60. The highest BCUT2D eigenvalue weighted by Gasteiger charge is 2.11. The number of hydrogen-bond donors (Lipinski definition) is 2. The van der Waals surface area contributed by atoms with E-state index in [0.717, 1.165) is 17.0 Å². The van der Waals surface area contributed by atoms with Gasteiger partial charge in [-0.2, -0.15) is 0 Å². The summed E-state index contributed by atoms with van der Waals surface area (Å²) in [6.07, 6.45) is 0.122. The number of nitrogens with one attached hydrogen (secondary N) is 1. The molecule has 1 amide bonds. The third kappa shape index (κ3) is 4.27. The van der Waals surface area contributed by atoms with Crippen molar-refractivity contribution >= 4 is 17.2 Å². The zero-order valence-corrected chi connectivity index (χ0v) is 11.8. The van der Waals surface area contributed by atoms with E-state index < -0.39 is 6.10 Å². The number of amides is 1. The van der Waals surface area contributed by atoms with E-state index in [1.54, 1.807) is 12.3 Å². The number of thiazole rings is 1. The van der Waals surface area contributed by atoms with E-state index in [-0.39, 0.29) is 23.2 Å². The molecular formula is C12H20N2O3S. The summed E-state index contributed by atoms with van der Waals surface area (Å²) < 4.78 is 1.44. The first-order valence-corrected chi connectivity index (χ1v) is 6.89. The monoisotopic (exact) mass is 272 g/mol. The molecule has 0 saturated carbocycles. The second-order valence-corrected chi connectivity index (χ2v) is 5.50. The SMILES string of the molecule is Cc1csc(=O)n1CC(=O)NCCC(O)C(C)C. The van der Waals surface area contributed by atoms with E-state index in [1.807, 2.05) is 13.8 Å². The smallest absolute Gasteiger partial charge is 0.307 e. The number of aliphatic hydroxyl groups excluding tert-OH is 1. The molecule has 1 unspecified atom stereocenters. The molecule has 0 spiro atoms. The van der Waals surface area contributed by atoms with E-state index in [0.29, 0.717) is 13.0 Å². The van der Waals surface area contributed by atoms with Crippen molar-refractivity contribution in [3.8, 4) is 0 Å². The van der Waals surface area contributed by atoms with Crippen molar-refractivity contribution < 1.29 is 9.90 Å². The van der Waals surface area contributed by atoms with Gasteiger partial charge in [0.1, 0.15) is 6.54 Å². The lowest BCUT2D eigenvalue weighted by Crippen LogP contribution is -2.33. The number of rotatable bonds is 6. The van der Waals surface area contributed by atoms with Gasteiger partial charge in [-0.3, -0.25) is 14.2 Å². The zero-order chi connectivity index (χ0) is 13.7. The van der Waals surface area contributed by atoms with Crippen LogP contribution in [0, 0.1) is 12.8 Å². The minimum Gasteiger partial charge on any atom is -0.393 e. The summed E-state index contributed by atoms with van der Waals surface area (Å²) >= 11 is 1.09. The van der Waals surface area contributed by atoms with Crippen molar-refractivity contribution in [1.82, 2.24) is 9.88 Å². The standard InChI is InChI=1S/C12H20N2O3S/c1-8(2)10(15)4-5-13-11(16)6-14-9(3)7-18-12(14)17/h7-8,10,15H,4-6H2,1-3H3,(H,13,16). The Morgan fingerprint density at radius 3 is 2.72 bits per heavy atom. The molecule has 0 aliphatic heterocycles. The summed E-state index contributed by atoms with van der Waals surface area (Å²) in [5, 5.41) is 14.0. The van der Waals surface area contributed by atoms with E-state index >= 15 is 0 Å². The van der Waals surface area contributed by atoms with Crippen molar-refractivity contribution in [2.24, 2.45) is 5.92 Å². The van der Waals surface area contributed by atoms with Crippen molar-refractivity contribution in [1.29, 1.82) is 0 Å². The van der Waals surface area contributed by atoms with E-state index in [1.165, 1.54) is 4.57 Å². The van der Waals surface area contributed by atoms with Crippen LogP contribution in [0.5, 0.6) is 0 Å². The van der Waals surface area contributed by atoms with Gasteiger partial charge in [0.05, 0.1) is 6.10 Å². The molecule has 2 N–H and O–H groups in total. The Hall–Kier alpha value is -1.14. The average molecular weight is 272 g/mol. The Balaban J connectivity index is 2.37. The molecule has 1 aromatic heterocycles. The molecule has 1 atom stereocenters. The van der Waals surface area contributed by atoms with E-state index in [4.69, 9.17) is 0 Å². The van der Waals surface area contributed by atoms with Gasteiger partial charge in [-0.25, -0.2) is 0 Å². The summed E-state index contributed by atoms with van der Waals surface area (Å²) in [6.45, 7) is 6.14. The van der Waals surface area contributed by atoms with Gasteiger partial charge in [0.15, 0.2) is 0 Å². The largest absolute Gasteiger partial charge is 0.393 e. The van der Waals surface area contributed by atoms with Crippen molar-refractivity contribution in [2.45, 2.75) is 39.8 Å². The second-order valence-electron chi connectivity index (χ2n) is 4.68. The molecule has 1 rings (SSSR count).